The van der Waals surface area contributed by atoms with Gasteiger partial charge < -0.3 is 10.2 Å². The summed E-state index contributed by atoms with van der Waals surface area (Å²) in [6, 6.07) is 2.64. The van der Waals surface area contributed by atoms with Crippen LogP contribution in [0.1, 0.15) is 56.9 Å². The third-order valence-corrected chi connectivity index (χ3v) is 5.80. The largest absolute Gasteiger partial charge is 0.335 e. The van der Waals surface area contributed by atoms with Gasteiger partial charge in [0, 0.05) is 24.5 Å². The average molecular weight is 306 g/mol. The molecule has 0 bridgehead atoms. The Hall–Kier alpha value is -0.870. The molecule has 2 saturated carbocycles. The van der Waals surface area contributed by atoms with Gasteiger partial charge in [-0.25, -0.2) is 0 Å². The zero-order valence-electron chi connectivity index (χ0n) is 12.9. The first kappa shape index (κ1) is 15.0. The number of hydrogen-bond acceptors (Lipinski definition) is 3. The summed E-state index contributed by atoms with van der Waals surface area (Å²) in [7, 11) is 2.03. The van der Waals surface area contributed by atoms with Crippen molar-refractivity contribution < 1.29 is 4.79 Å². The van der Waals surface area contributed by atoms with Crippen molar-refractivity contribution >= 4 is 17.2 Å². The number of hydrogen-bond donors (Lipinski definition) is 1. The average Bonchev–Trinajstić information content (AvgIpc) is 3.22. The van der Waals surface area contributed by atoms with Crippen molar-refractivity contribution in [1.29, 1.82) is 0 Å². The van der Waals surface area contributed by atoms with Gasteiger partial charge in [0.2, 0.25) is 5.91 Å². The molecule has 0 unspecified atom stereocenters. The SMILES string of the molecule is CNC1(CC(=O)N(Cc2ccsc2)C2CC2)CCCCC1. The van der Waals surface area contributed by atoms with Crippen molar-refractivity contribution in [1.82, 2.24) is 10.2 Å². The molecule has 0 saturated heterocycles. The first-order valence-electron chi connectivity index (χ1n) is 8.22. The third-order valence-electron chi connectivity index (χ3n) is 5.07. The van der Waals surface area contributed by atoms with Crippen LogP contribution in [0.5, 0.6) is 0 Å². The van der Waals surface area contributed by atoms with E-state index in [4.69, 9.17) is 0 Å². The molecule has 2 aliphatic carbocycles. The predicted octanol–water partition coefficient (Wildman–Crippen LogP) is 3.55. The fourth-order valence-electron chi connectivity index (χ4n) is 3.52. The Morgan fingerprint density at radius 1 is 1.38 bits per heavy atom. The molecule has 21 heavy (non-hydrogen) atoms. The molecule has 4 heteroatoms. The van der Waals surface area contributed by atoms with Crippen LogP contribution in [0.2, 0.25) is 0 Å². The monoisotopic (exact) mass is 306 g/mol. The lowest BCUT2D eigenvalue weighted by atomic mass is 9.79. The highest BCUT2D eigenvalue weighted by Gasteiger charge is 2.38. The molecule has 116 valence electrons. The van der Waals surface area contributed by atoms with E-state index in [1.165, 1.54) is 37.7 Å². The first-order chi connectivity index (χ1) is 10.2. The highest BCUT2D eigenvalue weighted by molar-refractivity contribution is 7.07. The van der Waals surface area contributed by atoms with E-state index >= 15 is 0 Å². The molecular weight excluding hydrogens is 280 g/mol. The van der Waals surface area contributed by atoms with Crippen molar-refractivity contribution in [3.05, 3.63) is 22.4 Å². The van der Waals surface area contributed by atoms with E-state index in [9.17, 15) is 4.79 Å². The van der Waals surface area contributed by atoms with E-state index in [0.717, 1.165) is 19.4 Å². The second-order valence-electron chi connectivity index (χ2n) is 6.65. The lowest BCUT2D eigenvalue weighted by molar-refractivity contribution is -0.134. The van der Waals surface area contributed by atoms with Crippen molar-refractivity contribution in [2.45, 2.75) is 69.5 Å². The highest BCUT2D eigenvalue weighted by atomic mass is 32.1. The fraction of sp³-hybridized carbons (Fsp3) is 0.706. The number of thiophene rings is 1. The van der Waals surface area contributed by atoms with Gasteiger partial charge in [0.25, 0.3) is 0 Å². The van der Waals surface area contributed by atoms with Crippen molar-refractivity contribution in [3.8, 4) is 0 Å². The summed E-state index contributed by atoms with van der Waals surface area (Å²) < 4.78 is 0. The van der Waals surface area contributed by atoms with Crippen LogP contribution in [0, 0.1) is 0 Å². The van der Waals surface area contributed by atoms with Crippen LogP contribution < -0.4 is 5.32 Å². The maximum absolute atomic E-state index is 12.9. The molecule has 0 spiro atoms. The minimum absolute atomic E-state index is 0.0527. The summed E-state index contributed by atoms with van der Waals surface area (Å²) in [6.07, 6.45) is 9.15. The molecule has 0 aromatic carbocycles. The third kappa shape index (κ3) is 3.67. The van der Waals surface area contributed by atoms with Crippen LogP contribution in [0.15, 0.2) is 16.8 Å². The van der Waals surface area contributed by atoms with Gasteiger partial charge in [-0.3, -0.25) is 4.79 Å². The topological polar surface area (TPSA) is 32.3 Å². The predicted molar refractivity (Wildman–Crippen MR) is 87.4 cm³/mol. The van der Waals surface area contributed by atoms with Gasteiger partial charge in [-0.1, -0.05) is 19.3 Å². The van der Waals surface area contributed by atoms with E-state index in [1.807, 2.05) is 7.05 Å². The Balaban J connectivity index is 1.66. The van der Waals surface area contributed by atoms with E-state index in [-0.39, 0.29) is 5.54 Å². The molecule has 3 nitrogen and oxygen atoms in total. The molecule has 1 heterocycles. The number of carbonyl (C=O) groups excluding carboxylic acids is 1. The van der Waals surface area contributed by atoms with Gasteiger partial charge in [-0.2, -0.15) is 11.3 Å². The lowest BCUT2D eigenvalue weighted by Gasteiger charge is -2.38. The molecule has 1 aromatic heterocycles. The quantitative estimate of drug-likeness (QED) is 0.871. The van der Waals surface area contributed by atoms with Gasteiger partial charge in [-0.05, 0) is 55.1 Å². The zero-order chi connectivity index (χ0) is 14.7. The van der Waals surface area contributed by atoms with E-state index in [0.29, 0.717) is 18.4 Å². The van der Waals surface area contributed by atoms with Crippen LogP contribution in [0.25, 0.3) is 0 Å². The Morgan fingerprint density at radius 3 is 2.71 bits per heavy atom. The van der Waals surface area contributed by atoms with E-state index < -0.39 is 0 Å². The molecule has 0 radical (unpaired) electrons. The number of amides is 1. The Morgan fingerprint density at radius 2 is 2.14 bits per heavy atom. The summed E-state index contributed by atoms with van der Waals surface area (Å²) in [5.41, 5.74) is 1.33. The normalized spacial score (nSPS) is 21.2. The highest BCUT2D eigenvalue weighted by Crippen LogP contribution is 2.34. The minimum Gasteiger partial charge on any atom is -0.335 e. The minimum atomic E-state index is 0.0527. The van der Waals surface area contributed by atoms with Gasteiger partial charge >= 0.3 is 0 Å². The first-order valence-corrected chi connectivity index (χ1v) is 9.16. The summed E-state index contributed by atoms with van der Waals surface area (Å²) in [5.74, 6) is 0.347. The molecular formula is C17H26N2OS. The number of nitrogens with zero attached hydrogens (tertiary/aromatic N) is 1. The van der Waals surface area contributed by atoms with E-state index in [1.54, 1.807) is 11.3 Å². The zero-order valence-corrected chi connectivity index (χ0v) is 13.8. The number of rotatable bonds is 6. The standard InChI is InChI=1S/C17H26N2OS/c1-18-17(8-3-2-4-9-17)11-16(20)19(15-5-6-15)12-14-7-10-21-13-14/h7,10,13,15,18H,2-6,8-9,11-12H2,1H3. The molecule has 2 fully saturated rings. The summed E-state index contributed by atoms with van der Waals surface area (Å²) in [4.78, 5) is 15.0. The van der Waals surface area contributed by atoms with Crippen molar-refractivity contribution in [2.75, 3.05) is 7.05 Å². The van der Waals surface area contributed by atoms with Crippen LogP contribution in [0.3, 0.4) is 0 Å². The van der Waals surface area contributed by atoms with Crippen molar-refractivity contribution in [3.63, 3.8) is 0 Å². The fourth-order valence-corrected chi connectivity index (χ4v) is 4.18. The van der Waals surface area contributed by atoms with Gasteiger partial charge in [0.1, 0.15) is 0 Å². The van der Waals surface area contributed by atoms with Crippen LogP contribution in [0.4, 0.5) is 0 Å². The summed E-state index contributed by atoms with van der Waals surface area (Å²) in [6.45, 7) is 0.798. The molecule has 0 atom stereocenters. The van der Waals surface area contributed by atoms with Crippen LogP contribution in [-0.2, 0) is 11.3 Å². The van der Waals surface area contributed by atoms with Crippen LogP contribution in [-0.4, -0.2) is 29.4 Å². The molecule has 1 aromatic rings. The summed E-state index contributed by atoms with van der Waals surface area (Å²) in [5, 5.41) is 7.74. The van der Waals surface area contributed by atoms with Crippen LogP contribution >= 0.6 is 11.3 Å². The van der Waals surface area contributed by atoms with Gasteiger partial charge in [-0.15, -0.1) is 0 Å². The molecule has 1 amide bonds. The molecule has 0 aliphatic heterocycles. The maximum Gasteiger partial charge on any atom is 0.224 e. The maximum atomic E-state index is 12.9. The number of nitrogens with one attached hydrogen (secondary N) is 1. The molecule has 3 rings (SSSR count). The number of carbonyl (C=O) groups is 1. The molecule has 1 N–H and O–H groups in total. The lowest BCUT2D eigenvalue weighted by Crippen LogP contribution is -2.49. The summed E-state index contributed by atoms with van der Waals surface area (Å²) >= 11 is 1.71. The smallest absolute Gasteiger partial charge is 0.224 e. The second kappa shape index (κ2) is 6.49. The second-order valence-corrected chi connectivity index (χ2v) is 7.43. The Bertz CT molecular complexity index is 461. The van der Waals surface area contributed by atoms with Gasteiger partial charge in [0.15, 0.2) is 0 Å². The van der Waals surface area contributed by atoms with E-state index in [2.05, 4.69) is 27.0 Å². The Labute approximate surface area is 131 Å². The van der Waals surface area contributed by atoms with Crippen molar-refractivity contribution in [2.24, 2.45) is 0 Å². The Kier molecular flexibility index (Phi) is 4.65. The van der Waals surface area contributed by atoms with Gasteiger partial charge in [0.05, 0.1) is 0 Å². The molecule has 2 aliphatic rings.